The highest BCUT2D eigenvalue weighted by atomic mass is 16.4. The molecule has 0 unspecified atom stereocenters. The summed E-state index contributed by atoms with van der Waals surface area (Å²) in [5.74, 6) is 0. The first-order valence-electron chi connectivity index (χ1n) is 7.00. The standard InChI is InChI=1S/C17H19NO3/c19-11-5-4-6-13-9-10-15(14-7-2-1-3-8-14)16(12-13)18-17(20)21/h1-3,7-10,12,18-19H,4-6,11H2,(H,20,21). The summed E-state index contributed by atoms with van der Waals surface area (Å²) in [5.41, 5.74) is 3.49. The molecule has 0 heterocycles. The van der Waals surface area contributed by atoms with E-state index in [-0.39, 0.29) is 6.61 Å². The second kappa shape index (κ2) is 7.45. The molecule has 4 nitrogen and oxygen atoms in total. The number of unbranched alkanes of at least 4 members (excludes halogenated alkanes) is 1. The third kappa shape index (κ3) is 4.33. The third-order valence-electron chi connectivity index (χ3n) is 3.28. The van der Waals surface area contributed by atoms with E-state index in [1.54, 1.807) is 0 Å². The predicted octanol–water partition coefficient (Wildman–Crippen LogP) is 3.76. The minimum absolute atomic E-state index is 0.183. The molecule has 3 N–H and O–H groups in total. The maximum absolute atomic E-state index is 11.0. The number of aliphatic hydroxyl groups excluding tert-OH is 1. The van der Waals surface area contributed by atoms with Crippen molar-refractivity contribution in [2.75, 3.05) is 11.9 Å². The molecule has 2 aromatic rings. The first-order chi connectivity index (χ1) is 10.2. The molecule has 0 atom stereocenters. The average molecular weight is 285 g/mol. The average Bonchev–Trinajstić information content (AvgIpc) is 2.48. The SMILES string of the molecule is O=C(O)Nc1cc(CCCCO)ccc1-c1ccccc1. The summed E-state index contributed by atoms with van der Waals surface area (Å²) in [7, 11) is 0. The number of nitrogens with one attached hydrogen (secondary N) is 1. The van der Waals surface area contributed by atoms with Crippen molar-refractivity contribution in [3.63, 3.8) is 0 Å². The number of benzene rings is 2. The van der Waals surface area contributed by atoms with Gasteiger partial charge in [0.25, 0.3) is 0 Å². The van der Waals surface area contributed by atoms with Crippen LogP contribution in [0.3, 0.4) is 0 Å². The highest BCUT2D eigenvalue weighted by Gasteiger charge is 2.08. The molecule has 110 valence electrons. The number of rotatable bonds is 6. The van der Waals surface area contributed by atoms with Gasteiger partial charge in [0.05, 0.1) is 5.69 Å². The molecule has 0 aliphatic rings. The van der Waals surface area contributed by atoms with Crippen LogP contribution in [0.25, 0.3) is 11.1 Å². The Morgan fingerprint density at radius 1 is 1.05 bits per heavy atom. The first-order valence-corrected chi connectivity index (χ1v) is 7.00. The van der Waals surface area contributed by atoms with E-state index in [9.17, 15) is 4.79 Å². The van der Waals surface area contributed by atoms with Crippen LogP contribution in [0.5, 0.6) is 0 Å². The Kier molecular flexibility index (Phi) is 5.35. The molecular formula is C17H19NO3. The van der Waals surface area contributed by atoms with Gasteiger partial charge in [-0.2, -0.15) is 0 Å². The van der Waals surface area contributed by atoms with Gasteiger partial charge in [0.2, 0.25) is 0 Å². The van der Waals surface area contributed by atoms with Crippen LogP contribution in [-0.2, 0) is 6.42 Å². The van der Waals surface area contributed by atoms with Gasteiger partial charge in [-0.3, -0.25) is 5.32 Å². The lowest BCUT2D eigenvalue weighted by Crippen LogP contribution is -2.08. The van der Waals surface area contributed by atoms with E-state index in [2.05, 4.69) is 5.32 Å². The zero-order valence-corrected chi connectivity index (χ0v) is 11.7. The second-order valence-electron chi connectivity index (χ2n) is 4.86. The molecule has 0 saturated carbocycles. The summed E-state index contributed by atoms with van der Waals surface area (Å²) in [5, 5.41) is 20.3. The number of hydrogen-bond donors (Lipinski definition) is 3. The van der Waals surface area contributed by atoms with Gasteiger partial charge in [-0.15, -0.1) is 0 Å². The van der Waals surface area contributed by atoms with Gasteiger partial charge in [0, 0.05) is 12.2 Å². The van der Waals surface area contributed by atoms with Crippen LogP contribution in [-0.4, -0.2) is 22.9 Å². The fourth-order valence-corrected chi connectivity index (χ4v) is 2.28. The molecule has 1 amide bonds. The topological polar surface area (TPSA) is 69.6 Å². The van der Waals surface area contributed by atoms with Crippen LogP contribution < -0.4 is 5.32 Å². The lowest BCUT2D eigenvalue weighted by Gasteiger charge is -2.12. The summed E-state index contributed by atoms with van der Waals surface area (Å²) in [6, 6.07) is 15.5. The van der Waals surface area contributed by atoms with Gasteiger partial charge >= 0.3 is 6.09 Å². The Hall–Kier alpha value is -2.33. The minimum atomic E-state index is -1.07. The smallest absolute Gasteiger partial charge is 0.409 e. The highest BCUT2D eigenvalue weighted by Crippen LogP contribution is 2.29. The molecule has 0 saturated heterocycles. The molecule has 0 aliphatic heterocycles. The lowest BCUT2D eigenvalue weighted by molar-refractivity contribution is 0.210. The number of anilines is 1. The van der Waals surface area contributed by atoms with Crippen LogP contribution in [0.1, 0.15) is 18.4 Å². The summed E-state index contributed by atoms with van der Waals surface area (Å²) in [6.45, 7) is 0.183. The molecule has 2 aromatic carbocycles. The van der Waals surface area contributed by atoms with Crippen LogP contribution >= 0.6 is 0 Å². The molecule has 0 radical (unpaired) electrons. The molecule has 21 heavy (non-hydrogen) atoms. The van der Waals surface area contributed by atoms with Crippen LogP contribution in [0.4, 0.5) is 10.5 Å². The maximum atomic E-state index is 11.0. The number of carboxylic acid groups (broad SMARTS) is 1. The van der Waals surface area contributed by atoms with E-state index < -0.39 is 6.09 Å². The van der Waals surface area contributed by atoms with Crippen molar-refractivity contribution in [3.8, 4) is 11.1 Å². The summed E-state index contributed by atoms with van der Waals surface area (Å²) in [4.78, 5) is 11.0. The van der Waals surface area contributed by atoms with Crippen molar-refractivity contribution in [1.29, 1.82) is 0 Å². The molecule has 4 heteroatoms. The quantitative estimate of drug-likeness (QED) is 0.708. The van der Waals surface area contributed by atoms with E-state index >= 15 is 0 Å². The van der Waals surface area contributed by atoms with Gasteiger partial charge in [0.15, 0.2) is 0 Å². The van der Waals surface area contributed by atoms with Crippen LogP contribution in [0, 0.1) is 0 Å². The first kappa shape index (κ1) is 15.1. The number of carbonyl (C=O) groups is 1. The monoisotopic (exact) mass is 285 g/mol. The Bertz CT molecular complexity index is 596. The van der Waals surface area contributed by atoms with Gasteiger partial charge in [-0.1, -0.05) is 42.5 Å². The number of hydrogen-bond acceptors (Lipinski definition) is 2. The minimum Gasteiger partial charge on any atom is -0.465 e. The van der Waals surface area contributed by atoms with Gasteiger partial charge in [0.1, 0.15) is 0 Å². The van der Waals surface area contributed by atoms with Gasteiger partial charge < -0.3 is 10.2 Å². The molecule has 0 aromatic heterocycles. The third-order valence-corrected chi connectivity index (χ3v) is 3.28. The molecule has 2 rings (SSSR count). The molecule has 0 spiro atoms. The van der Waals surface area contributed by atoms with Crippen molar-refractivity contribution in [1.82, 2.24) is 0 Å². The lowest BCUT2D eigenvalue weighted by atomic mass is 9.99. The van der Waals surface area contributed by atoms with Crippen LogP contribution in [0.15, 0.2) is 48.5 Å². The number of aryl methyl sites for hydroxylation is 1. The normalized spacial score (nSPS) is 10.3. The van der Waals surface area contributed by atoms with Crippen molar-refractivity contribution < 1.29 is 15.0 Å². The second-order valence-corrected chi connectivity index (χ2v) is 4.86. The van der Waals surface area contributed by atoms with Gasteiger partial charge in [-0.05, 0) is 36.5 Å². The predicted molar refractivity (Wildman–Crippen MR) is 83.5 cm³/mol. The molecule has 0 bridgehead atoms. The van der Waals surface area contributed by atoms with Crippen molar-refractivity contribution in [2.45, 2.75) is 19.3 Å². The van der Waals surface area contributed by atoms with Crippen LogP contribution in [0.2, 0.25) is 0 Å². The molecule has 0 fully saturated rings. The molecular weight excluding hydrogens is 266 g/mol. The zero-order chi connectivity index (χ0) is 15.1. The van der Waals surface area contributed by atoms with E-state index in [0.717, 1.165) is 36.0 Å². The Balaban J connectivity index is 2.29. The van der Waals surface area contributed by atoms with Crippen molar-refractivity contribution >= 4 is 11.8 Å². The number of amides is 1. The van der Waals surface area contributed by atoms with Gasteiger partial charge in [-0.25, -0.2) is 4.79 Å². The Morgan fingerprint density at radius 2 is 1.81 bits per heavy atom. The Morgan fingerprint density at radius 3 is 2.48 bits per heavy atom. The molecule has 0 aliphatic carbocycles. The van der Waals surface area contributed by atoms with E-state index in [1.807, 2.05) is 48.5 Å². The van der Waals surface area contributed by atoms with Crippen molar-refractivity contribution in [3.05, 3.63) is 54.1 Å². The van der Waals surface area contributed by atoms with E-state index in [4.69, 9.17) is 10.2 Å². The fraction of sp³-hybridized carbons (Fsp3) is 0.235. The summed E-state index contributed by atoms with van der Waals surface area (Å²) < 4.78 is 0. The largest absolute Gasteiger partial charge is 0.465 e. The number of aliphatic hydroxyl groups is 1. The van der Waals surface area contributed by atoms with Crippen molar-refractivity contribution in [2.24, 2.45) is 0 Å². The summed E-state index contributed by atoms with van der Waals surface area (Å²) >= 11 is 0. The maximum Gasteiger partial charge on any atom is 0.409 e. The van der Waals surface area contributed by atoms with E-state index in [0.29, 0.717) is 5.69 Å². The Labute approximate surface area is 124 Å². The summed E-state index contributed by atoms with van der Waals surface area (Å²) in [6.07, 6.45) is 1.39. The fourth-order valence-electron chi connectivity index (χ4n) is 2.28. The van der Waals surface area contributed by atoms with E-state index in [1.165, 1.54) is 0 Å². The zero-order valence-electron chi connectivity index (χ0n) is 11.7. The highest BCUT2D eigenvalue weighted by molar-refractivity contribution is 5.90.